The van der Waals surface area contributed by atoms with Crippen LogP contribution in [-0.4, -0.2) is 65.6 Å². The van der Waals surface area contributed by atoms with E-state index in [0.717, 1.165) is 10.4 Å². The lowest BCUT2D eigenvalue weighted by atomic mass is 9.99. The van der Waals surface area contributed by atoms with Crippen molar-refractivity contribution in [1.82, 2.24) is 25.2 Å². The van der Waals surface area contributed by atoms with Crippen LogP contribution in [-0.2, 0) is 0 Å². The van der Waals surface area contributed by atoms with Gasteiger partial charge in [0.2, 0.25) is 17.5 Å². The second-order valence-electron chi connectivity index (χ2n) is 7.42. The van der Waals surface area contributed by atoms with Crippen LogP contribution in [0.5, 0.6) is 17.2 Å². The number of likely N-dealkylation sites (tertiary alicyclic amines) is 1. The Balaban J connectivity index is 1.28. The number of thiophene rings is 1. The number of rotatable bonds is 7. The minimum absolute atomic E-state index is 0.0210. The number of H-pyrrole nitrogens is 1. The third kappa shape index (κ3) is 3.80. The van der Waals surface area contributed by atoms with Gasteiger partial charge >= 0.3 is 0 Å². The Bertz CT molecular complexity index is 1250. The first-order valence-corrected chi connectivity index (χ1v) is 11.0. The van der Waals surface area contributed by atoms with E-state index in [4.69, 9.17) is 18.7 Å². The Kier molecular flexibility index (Phi) is 5.47. The van der Waals surface area contributed by atoms with Crippen LogP contribution in [0.4, 0.5) is 0 Å². The van der Waals surface area contributed by atoms with Gasteiger partial charge in [-0.15, -0.1) is 11.3 Å². The lowest BCUT2D eigenvalue weighted by Gasteiger charge is -2.36. The van der Waals surface area contributed by atoms with Gasteiger partial charge in [-0.25, -0.2) is 0 Å². The van der Waals surface area contributed by atoms with E-state index in [1.807, 2.05) is 17.5 Å². The summed E-state index contributed by atoms with van der Waals surface area (Å²) < 4.78 is 21.6. The summed E-state index contributed by atoms with van der Waals surface area (Å²) in [5.41, 5.74) is 1.71. The molecule has 0 spiro atoms. The monoisotopic (exact) mass is 467 g/mol. The lowest BCUT2D eigenvalue weighted by molar-refractivity contribution is 0.0563. The zero-order valence-corrected chi connectivity index (χ0v) is 19.0. The molecule has 4 aromatic rings. The van der Waals surface area contributed by atoms with Crippen LogP contribution in [0, 0.1) is 0 Å². The number of ether oxygens (including phenoxy) is 3. The molecule has 1 aliphatic rings. The molecule has 4 heterocycles. The van der Waals surface area contributed by atoms with Crippen molar-refractivity contribution in [2.24, 2.45) is 0 Å². The third-order valence-electron chi connectivity index (χ3n) is 5.47. The normalized spacial score (nSPS) is 13.6. The number of carbonyl (C=O) groups excluding carboxylic acids is 1. The number of amides is 1. The standard InChI is InChI=1S/C22H21N5O5S/c1-29-16-7-12(8-17(30-2)19(16)31-3)14-9-15(25-24-14)22(28)27-10-13(11-27)21-23-20(26-32-21)18-5-4-6-33-18/h4-9,13H,10-11H2,1-3H3,(H,24,25). The average Bonchev–Trinajstić information content (AvgIpc) is 3.58. The molecule has 1 aliphatic heterocycles. The van der Waals surface area contributed by atoms with Crippen LogP contribution in [0.2, 0.25) is 0 Å². The summed E-state index contributed by atoms with van der Waals surface area (Å²) in [5, 5.41) is 13.1. The number of nitrogens with zero attached hydrogens (tertiary/aromatic N) is 4. The third-order valence-corrected chi connectivity index (χ3v) is 6.34. The van der Waals surface area contributed by atoms with Crippen molar-refractivity contribution in [3.63, 3.8) is 0 Å². The molecular formula is C22H21N5O5S. The van der Waals surface area contributed by atoms with E-state index in [1.165, 1.54) is 0 Å². The molecule has 0 bridgehead atoms. The molecule has 0 aliphatic carbocycles. The maximum atomic E-state index is 12.9. The molecule has 0 radical (unpaired) electrons. The molecule has 1 N–H and O–H groups in total. The Labute approximate surface area is 193 Å². The van der Waals surface area contributed by atoms with Gasteiger partial charge in [-0.2, -0.15) is 10.1 Å². The summed E-state index contributed by atoms with van der Waals surface area (Å²) in [6, 6.07) is 9.16. The molecule has 10 nitrogen and oxygen atoms in total. The molecule has 0 saturated carbocycles. The Morgan fingerprint density at radius 3 is 2.55 bits per heavy atom. The van der Waals surface area contributed by atoms with Crippen LogP contribution in [0.15, 0.2) is 40.2 Å². The molecule has 33 heavy (non-hydrogen) atoms. The van der Waals surface area contributed by atoms with Gasteiger partial charge in [0.15, 0.2) is 11.5 Å². The van der Waals surface area contributed by atoms with Crippen LogP contribution in [0.25, 0.3) is 22.0 Å². The fraction of sp³-hybridized carbons (Fsp3) is 0.273. The minimum atomic E-state index is -0.143. The largest absolute Gasteiger partial charge is 0.493 e. The van der Waals surface area contributed by atoms with Crippen molar-refractivity contribution >= 4 is 17.2 Å². The van der Waals surface area contributed by atoms with Gasteiger partial charge in [-0.05, 0) is 29.6 Å². The Morgan fingerprint density at radius 2 is 1.91 bits per heavy atom. The van der Waals surface area contributed by atoms with Gasteiger partial charge in [-0.3, -0.25) is 9.89 Å². The van der Waals surface area contributed by atoms with E-state index >= 15 is 0 Å². The highest BCUT2D eigenvalue weighted by Gasteiger charge is 2.36. The maximum absolute atomic E-state index is 12.9. The Morgan fingerprint density at radius 1 is 1.15 bits per heavy atom. The predicted molar refractivity (Wildman–Crippen MR) is 120 cm³/mol. The van der Waals surface area contributed by atoms with Crippen LogP contribution in [0.1, 0.15) is 22.3 Å². The van der Waals surface area contributed by atoms with Crippen molar-refractivity contribution in [2.75, 3.05) is 34.4 Å². The average molecular weight is 468 g/mol. The Hall–Kier alpha value is -3.86. The summed E-state index contributed by atoms with van der Waals surface area (Å²) in [6.45, 7) is 1.01. The summed E-state index contributed by atoms with van der Waals surface area (Å²) in [4.78, 5) is 20.0. The number of hydrogen-bond donors (Lipinski definition) is 1. The predicted octanol–water partition coefficient (Wildman–Crippen LogP) is 3.45. The van der Waals surface area contributed by atoms with E-state index < -0.39 is 0 Å². The molecular weight excluding hydrogens is 446 g/mol. The van der Waals surface area contributed by atoms with Gasteiger partial charge in [0.1, 0.15) is 5.69 Å². The van der Waals surface area contributed by atoms with E-state index in [1.54, 1.807) is 55.8 Å². The summed E-state index contributed by atoms with van der Waals surface area (Å²) in [6.07, 6.45) is 0. The minimum Gasteiger partial charge on any atom is -0.493 e. The number of nitrogens with one attached hydrogen (secondary N) is 1. The van der Waals surface area contributed by atoms with Crippen LogP contribution in [0.3, 0.4) is 0 Å². The number of carbonyl (C=O) groups is 1. The smallest absolute Gasteiger partial charge is 0.271 e. The second-order valence-corrected chi connectivity index (χ2v) is 8.37. The van der Waals surface area contributed by atoms with Gasteiger partial charge in [0.25, 0.3) is 5.91 Å². The summed E-state index contributed by atoms with van der Waals surface area (Å²) in [5.74, 6) is 2.51. The molecule has 1 amide bonds. The molecule has 0 atom stereocenters. The second kappa shape index (κ2) is 8.58. The van der Waals surface area contributed by atoms with Crippen molar-refractivity contribution < 1.29 is 23.5 Å². The molecule has 170 valence electrons. The molecule has 1 fully saturated rings. The number of hydrogen-bond acceptors (Lipinski definition) is 9. The molecule has 0 unspecified atom stereocenters. The zero-order valence-electron chi connectivity index (χ0n) is 18.2. The van der Waals surface area contributed by atoms with E-state index in [-0.39, 0.29) is 11.8 Å². The quantitative estimate of drug-likeness (QED) is 0.439. The van der Waals surface area contributed by atoms with Crippen molar-refractivity contribution in [3.8, 4) is 39.2 Å². The lowest BCUT2D eigenvalue weighted by Crippen LogP contribution is -2.48. The highest BCUT2D eigenvalue weighted by Crippen LogP contribution is 2.41. The zero-order chi connectivity index (χ0) is 22.9. The fourth-order valence-electron chi connectivity index (χ4n) is 3.69. The SMILES string of the molecule is COc1cc(-c2cc(C(=O)N3CC(c4nc(-c5cccs5)no4)C3)[nH]n2)cc(OC)c1OC. The van der Waals surface area contributed by atoms with E-state index in [0.29, 0.717) is 53.4 Å². The molecule has 11 heteroatoms. The summed E-state index contributed by atoms with van der Waals surface area (Å²) >= 11 is 1.55. The molecule has 3 aromatic heterocycles. The number of benzene rings is 1. The first kappa shape index (κ1) is 21.0. The first-order valence-electron chi connectivity index (χ1n) is 10.1. The van der Waals surface area contributed by atoms with Gasteiger partial charge in [-0.1, -0.05) is 11.2 Å². The number of methoxy groups -OCH3 is 3. The molecule has 1 aromatic carbocycles. The van der Waals surface area contributed by atoms with Crippen molar-refractivity contribution in [1.29, 1.82) is 0 Å². The maximum Gasteiger partial charge on any atom is 0.271 e. The van der Waals surface area contributed by atoms with E-state index in [9.17, 15) is 4.79 Å². The van der Waals surface area contributed by atoms with Gasteiger partial charge in [0.05, 0.1) is 37.8 Å². The van der Waals surface area contributed by atoms with Gasteiger partial charge < -0.3 is 23.6 Å². The van der Waals surface area contributed by atoms with Crippen molar-refractivity contribution in [3.05, 3.63) is 47.3 Å². The highest BCUT2D eigenvalue weighted by molar-refractivity contribution is 7.13. The molecule has 1 saturated heterocycles. The topological polar surface area (TPSA) is 116 Å². The highest BCUT2D eigenvalue weighted by atomic mass is 32.1. The molecule has 5 rings (SSSR count). The fourth-order valence-corrected chi connectivity index (χ4v) is 4.34. The van der Waals surface area contributed by atoms with Crippen LogP contribution >= 0.6 is 11.3 Å². The number of aromatic nitrogens is 4. The van der Waals surface area contributed by atoms with Crippen LogP contribution < -0.4 is 14.2 Å². The first-order chi connectivity index (χ1) is 16.1. The van der Waals surface area contributed by atoms with Gasteiger partial charge in [0, 0.05) is 18.7 Å². The summed E-state index contributed by atoms with van der Waals surface area (Å²) in [7, 11) is 4.64. The number of aromatic amines is 1. The van der Waals surface area contributed by atoms with E-state index in [2.05, 4.69) is 20.3 Å². The van der Waals surface area contributed by atoms with Crippen molar-refractivity contribution in [2.45, 2.75) is 5.92 Å².